The van der Waals surface area contributed by atoms with Crippen LogP contribution in [-0.2, 0) is 11.8 Å². The number of carbonyl (C=O) groups is 1. The fourth-order valence-corrected chi connectivity index (χ4v) is 3.90. The van der Waals surface area contributed by atoms with Crippen molar-refractivity contribution in [1.29, 1.82) is 0 Å². The molecule has 1 aromatic carbocycles. The molecule has 0 aliphatic rings. The van der Waals surface area contributed by atoms with Gasteiger partial charge in [-0.1, -0.05) is 29.4 Å². The number of halogens is 1. The van der Waals surface area contributed by atoms with E-state index < -0.39 is 0 Å². The van der Waals surface area contributed by atoms with Gasteiger partial charge >= 0.3 is 5.97 Å². The van der Waals surface area contributed by atoms with Gasteiger partial charge in [-0.2, -0.15) is 5.10 Å². The maximum absolute atomic E-state index is 12.4. The lowest BCUT2D eigenvalue weighted by atomic mass is 10.2. The molecule has 124 valence electrons. The zero-order chi connectivity index (χ0) is 17.3. The number of aryl methyl sites for hydroxylation is 2. The van der Waals surface area contributed by atoms with Gasteiger partial charge in [0, 0.05) is 28.1 Å². The van der Waals surface area contributed by atoms with Gasteiger partial charge in [0.05, 0.1) is 23.3 Å². The van der Waals surface area contributed by atoms with Crippen LogP contribution in [0, 0.1) is 6.92 Å². The lowest BCUT2D eigenvalue weighted by Gasteiger charge is -2.10. The molecule has 3 rings (SSSR count). The largest absolute Gasteiger partial charge is 0.462 e. The van der Waals surface area contributed by atoms with Crippen molar-refractivity contribution in [3.8, 4) is 0 Å². The van der Waals surface area contributed by atoms with Crippen molar-refractivity contribution < 1.29 is 9.53 Å². The van der Waals surface area contributed by atoms with Gasteiger partial charge in [-0.3, -0.25) is 4.68 Å². The third-order valence-corrected chi connectivity index (χ3v) is 4.84. The Morgan fingerprint density at radius 2 is 2.21 bits per heavy atom. The highest BCUT2D eigenvalue weighted by Crippen LogP contribution is 2.38. The van der Waals surface area contributed by atoms with Crippen LogP contribution >= 0.6 is 23.4 Å². The van der Waals surface area contributed by atoms with E-state index in [0.29, 0.717) is 17.2 Å². The van der Waals surface area contributed by atoms with Crippen LogP contribution in [0.5, 0.6) is 0 Å². The molecule has 0 atom stereocenters. The molecule has 2 aromatic heterocycles. The van der Waals surface area contributed by atoms with Gasteiger partial charge in [0.1, 0.15) is 0 Å². The van der Waals surface area contributed by atoms with Crippen LogP contribution in [0.1, 0.15) is 23.0 Å². The van der Waals surface area contributed by atoms with Gasteiger partial charge in [0.25, 0.3) is 0 Å². The molecule has 0 radical (unpaired) electrons. The standard InChI is InChI=1S/C17H16ClN3O2S/c1-4-23-17(22)13-9-19-16-14(10(2)20-21(16)3)15(13)24-12-7-5-6-11(18)8-12/h5-9H,4H2,1-3H3. The monoisotopic (exact) mass is 361 g/mol. The van der Waals surface area contributed by atoms with Crippen molar-refractivity contribution in [3.05, 3.63) is 46.7 Å². The second-order valence-corrected chi connectivity index (χ2v) is 6.71. The second-order valence-electron chi connectivity index (χ2n) is 5.19. The van der Waals surface area contributed by atoms with Crippen molar-refractivity contribution in [3.63, 3.8) is 0 Å². The Hall–Kier alpha value is -2.05. The van der Waals surface area contributed by atoms with Crippen molar-refractivity contribution in [2.75, 3.05) is 6.61 Å². The van der Waals surface area contributed by atoms with Gasteiger partial charge in [-0.25, -0.2) is 9.78 Å². The van der Waals surface area contributed by atoms with Crippen LogP contribution in [0.2, 0.25) is 5.02 Å². The summed E-state index contributed by atoms with van der Waals surface area (Å²) in [5.74, 6) is -0.389. The minimum Gasteiger partial charge on any atom is -0.462 e. The lowest BCUT2D eigenvalue weighted by Crippen LogP contribution is -2.07. The molecule has 2 heterocycles. The summed E-state index contributed by atoms with van der Waals surface area (Å²) in [6.45, 7) is 3.99. The number of rotatable bonds is 4. The van der Waals surface area contributed by atoms with Crippen LogP contribution in [0.4, 0.5) is 0 Å². The highest BCUT2D eigenvalue weighted by atomic mass is 35.5. The summed E-state index contributed by atoms with van der Waals surface area (Å²) < 4.78 is 6.89. The van der Waals surface area contributed by atoms with Crippen molar-refractivity contribution >= 4 is 40.4 Å². The molecule has 0 N–H and O–H groups in total. The third-order valence-electron chi connectivity index (χ3n) is 3.49. The Balaban J connectivity index is 2.20. The molecule has 0 aliphatic carbocycles. The first-order chi connectivity index (χ1) is 11.5. The van der Waals surface area contributed by atoms with Crippen molar-refractivity contribution in [2.45, 2.75) is 23.6 Å². The Morgan fingerprint density at radius 3 is 2.92 bits per heavy atom. The predicted octanol–water partition coefficient (Wildman–Crippen LogP) is 4.26. The number of carbonyl (C=O) groups excluding carboxylic acids is 1. The van der Waals surface area contributed by atoms with E-state index in [1.165, 1.54) is 11.8 Å². The number of nitrogens with zero attached hydrogens (tertiary/aromatic N) is 3. The summed E-state index contributed by atoms with van der Waals surface area (Å²) in [6.07, 6.45) is 1.55. The van der Waals surface area contributed by atoms with Gasteiger partial charge in [0.2, 0.25) is 0 Å². The molecule has 7 heteroatoms. The molecule has 0 saturated heterocycles. The van der Waals surface area contributed by atoms with E-state index in [1.54, 1.807) is 17.8 Å². The van der Waals surface area contributed by atoms with Crippen LogP contribution < -0.4 is 0 Å². The van der Waals surface area contributed by atoms with Crippen LogP contribution in [0.3, 0.4) is 0 Å². The number of pyridine rings is 1. The van der Waals surface area contributed by atoms with Crippen molar-refractivity contribution in [2.24, 2.45) is 7.05 Å². The summed E-state index contributed by atoms with van der Waals surface area (Å²) >= 11 is 7.54. The van der Waals surface area contributed by atoms with E-state index in [0.717, 1.165) is 26.5 Å². The average molecular weight is 362 g/mol. The maximum Gasteiger partial charge on any atom is 0.340 e. The molecule has 3 aromatic rings. The van der Waals surface area contributed by atoms with Crippen LogP contribution in [-0.4, -0.2) is 27.3 Å². The summed E-state index contributed by atoms with van der Waals surface area (Å²) in [6, 6.07) is 7.50. The summed E-state index contributed by atoms with van der Waals surface area (Å²) in [4.78, 5) is 18.5. The molecule has 5 nitrogen and oxygen atoms in total. The summed E-state index contributed by atoms with van der Waals surface area (Å²) in [7, 11) is 1.83. The second kappa shape index (κ2) is 6.83. The molecule has 24 heavy (non-hydrogen) atoms. The predicted molar refractivity (Wildman–Crippen MR) is 94.8 cm³/mol. The number of ether oxygens (including phenoxy) is 1. The summed E-state index contributed by atoms with van der Waals surface area (Å²) in [5.41, 5.74) is 1.98. The van der Waals surface area contributed by atoms with Gasteiger partial charge < -0.3 is 4.74 Å². The van der Waals surface area contributed by atoms with Gasteiger partial charge in [-0.05, 0) is 32.0 Å². The van der Waals surface area contributed by atoms with Crippen LogP contribution in [0.15, 0.2) is 40.3 Å². The first-order valence-corrected chi connectivity index (χ1v) is 8.63. The molecule has 0 unspecified atom stereocenters. The zero-order valence-corrected chi connectivity index (χ0v) is 15.1. The van der Waals surface area contributed by atoms with E-state index in [9.17, 15) is 4.79 Å². The molecule has 0 amide bonds. The first-order valence-electron chi connectivity index (χ1n) is 7.44. The quantitative estimate of drug-likeness (QED) is 0.650. The molecular formula is C17H16ClN3O2S. The van der Waals surface area contributed by atoms with Gasteiger partial charge in [-0.15, -0.1) is 0 Å². The highest BCUT2D eigenvalue weighted by molar-refractivity contribution is 7.99. The maximum atomic E-state index is 12.4. The Labute approximate surface area is 149 Å². The zero-order valence-electron chi connectivity index (χ0n) is 13.5. The minimum absolute atomic E-state index is 0.310. The number of benzene rings is 1. The Bertz CT molecular complexity index is 924. The number of hydrogen-bond acceptors (Lipinski definition) is 5. The van der Waals surface area contributed by atoms with E-state index in [1.807, 2.05) is 38.2 Å². The lowest BCUT2D eigenvalue weighted by molar-refractivity contribution is 0.0522. The minimum atomic E-state index is -0.389. The molecule has 0 aliphatic heterocycles. The number of fused-ring (bicyclic) bond motifs is 1. The third kappa shape index (κ3) is 3.12. The fourth-order valence-electron chi connectivity index (χ4n) is 2.49. The molecular weight excluding hydrogens is 346 g/mol. The topological polar surface area (TPSA) is 57.0 Å². The fraction of sp³-hybridized carbons (Fsp3) is 0.235. The SMILES string of the molecule is CCOC(=O)c1cnc2c(c(C)nn2C)c1Sc1cccc(Cl)c1. The number of esters is 1. The first kappa shape index (κ1) is 16.8. The number of aromatic nitrogens is 3. The Morgan fingerprint density at radius 1 is 1.42 bits per heavy atom. The summed E-state index contributed by atoms with van der Waals surface area (Å²) in [5, 5.41) is 5.92. The van der Waals surface area contributed by atoms with E-state index >= 15 is 0 Å². The molecule has 0 fully saturated rings. The van der Waals surface area contributed by atoms with E-state index in [-0.39, 0.29) is 5.97 Å². The smallest absolute Gasteiger partial charge is 0.340 e. The highest BCUT2D eigenvalue weighted by Gasteiger charge is 2.21. The Kier molecular flexibility index (Phi) is 4.78. The number of hydrogen-bond donors (Lipinski definition) is 0. The van der Waals surface area contributed by atoms with E-state index in [2.05, 4.69) is 10.1 Å². The normalized spacial score (nSPS) is 11.0. The van der Waals surface area contributed by atoms with E-state index in [4.69, 9.17) is 16.3 Å². The van der Waals surface area contributed by atoms with Crippen LogP contribution in [0.25, 0.3) is 11.0 Å². The molecule has 0 saturated carbocycles. The molecule has 0 bridgehead atoms. The van der Waals surface area contributed by atoms with Crippen molar-refractivity contribution in [1.82, 2.24) is 14.8 Å². The van der Waals surface area contributed by atoms with Gasteiger partial charge in [0.15, 0.2) is 5.65 Å². The molecule has 0 spiro atoms. The average Bonchev–Trinajstić information content (AvgIpc) is 2.83.